The number of hydrogen-bond acceptors (Lipinski definition) is 4. The third-order valence-corrected chi connectivity index (χ3v) is 5.62. The Morgan fingerprint density at radius 3 is 1.97 bits per heavy atom. The van der Waals surface area contributed by atoms with Crippen LogP contribution >= 0.6 is 0 Å². The molecular formula is C26H28N2O3. The molecule has 1 aliphatic rings. The Balaban J connectivity index is 1.70. The second-order valence-corrected chi connectivity index (χ2v) is 7.56. The zero-order valence-electron chi connectivity index (χ0n) is 17.7. The Bertz CT molecular complexity index is 955. The van der Waals surface area contributed by atoms with E-state index in [1.807, 2.05) is 77.7 Å². The van der Waals surface area contributed by atoms with Crippen molar-refractivity contribution < 1.29 is 14.3 Å². The van der Waals surface area contributed by atoms with Gasteiger partial charge < -0.3 is 14.4 Å². The van der Waals surface area contributed by atoms with E-state index in [0.717, 1.165) is 22.4 Å². The van der Waals surface area contributed by atoms with Gasteiger partial charge in [0.05, 0.1) is 26.4 Å². The maximum Gasteiger partial charge on any atom is 0.244 e. The number of hydrogen-bond donors (Lipinski definition) is 1. The van der Waals surface area contributed by atoms with Crippen molar-refractivity contribution in [3.05, 3.63) is 102 Å². The fraction of sp³-hybridized carbons (Fsp3) is 0.269. The van der Waals surface area contributed by atoms with Crippen molar-refractivity contribution in [1.82, 2.24) is 10.2 Å². The molecule has 0 saturated carbocycles. The molecular weight excluding hydrogens is 388 g/mol. The highest BCUT2D eigenvalue weighted by Crippen LogP contribution is 2.28. The smallest absolute Gasteiger partial charge is 0.244 e. The first-order chi connectivity index (χ1) is 15.3. The van der Waals surface area contributed by atoms with Crippen molar-refractivity contribution in [2.24, 2.45) is 0 Å². The number of carbonyl (C=O) groups excluding carboxylic acids is 1. The van der Waals surface area contributed by atoms with Gasteiger partial charge in [0.1, 0.15) is 11.8 Å². The van der Waals surface area contributed by atoms with Crippen molar-refractivity contribution in [2.45, 2.75) is 12.1 Å². The van der Waals surface area contributed by atoms with E-state index < -0.39 is 6.04 Å². The first kappa shape index (κ1) is 21.1. The van der Waals surface area contributed by atoms with Gasteiger partial charge in [-0.3, -0.25) is 10.1 Å². The minimum absolute atomic E-state index is 0.0731. The SMILES string of the molecule is COc1ccc(C(NC(C(=O)N2CCOCC2)c2ccccc2)c2ccccc2)cc1. The lowest BCUT2D eigenvalue weighted by Crippen LogP contribution is -2.47. The van der Waals surface area contributed by atoms with Crippen LogP contribution < -0.4 is 10.1 Å². The van der Waals surface area contributed by atoms with Crippen LogP contribution in [0.3, 0.4) is 0 Å². The predicted octanol–water partition coefficient (Wildman–Crippen LogP) is 3.97. The first-order valence-corrected chi connectivity index (χ1v) is 10.6. The summed E-state index contributed by atoms with van der Waals surface area (Å²) in [5, 5.41) is 3.66. The molecule has 3 aromatic rings. The highest BCUT2D eigenvalue weighted by atomic mass is 16.5. The predicted molar refractivity (Wildman–Crippen MR) is 121 cm³/mol. The molecule has 2 atom stereocenters. The third-order valence-electron chi connectivity index (χ3n) is 5.62. The molecule has 1 heterocycles. The number of rotatable bonds is 7. The molecule has 0 aliphatic carbocycles. The second kappa shape index (κ2) is 10.2. The van der Waals surface area contributed by atoms with Gasteiger partial charge in [-0.25, -0.2) is 0 Å². The van der Waals surface area contributed by atoms with Gasteiger partial charge >= 0.3 is 0 Å². The van der Waals surface area contributed by atoms with Crippen molar-refractivity contribution in [2.75, 3.05) is 33.4 Å². The molecule has 0 radical (unpaired) electrons. The fourth-order valence-electron chi connectivity index (χ4n) is 3.92. The van der Waals surface area contributed by atoms with Crippen LogP contribution in [0.15, 0.2) is 84.9 Å². The molecule has 0 aromatic heterocycles. The average molecular weight is 417 g/mol. The van der Waals surface area contributed by atoms with Crippen molar-refractivity contribution in [3.63, 3.8) is 0 Å². The molecule has 3 aromatic carbocycles. The van der Waals surface area contributed by atoms with Crippen LogP contribution in [0.2, 0.25) is 0 Å². The number of carbonyl (C=O) groups is 1. The average Bonchev–Trinajstić information content (AvgIpc) is 2.86. The van der Waals surface area contributed by atoms with Crippen LogP contribution in [-0.2, 0) is 9.53 Å². The quantitative estimate of drug-likeness (QED) is 0.633. The van der Waals surface area contributed by atoms with Crippen molar-refractivity contribution in [3.8, 4) is 5.75 Å². The normalized spacial score (nSPS) is 15.8. The molecule has 0 spiro atoms. The van der Waals surface area contributed by atoms with Crippen LogP contribution in [0.1, 0.15) is 28.8 Å². The lowest BCUT2D eigenvalue weighted by molar-refractivity contribution is -0.137. The number of benzene rings is 3. The largest absolute Gasteiger partial charge is 0.497 e. The van der Waals surface area contributed by atoms with Gasteiger partial charge in [-0.2, -0.15) is 0 Å². The minimum Gasteiger partial charge on any atom is -0.497 e. The number of nitrogens with one attached hydrogen (secondary N) is 1. The Labute approximate surface area is 183 Å². The van der Waals surface area contributed by atoms with E-state index >= 15 is 0 Å². The summed E-state index contributed by atoms with van der Waals surface area (Å²) in [5.41, 5.74) is 3.12. The summed E-state index contributed by atoms with van der Waals surface area (Å²) in [6, 6.07) is 27.5. The molecule has 1 N–H and O–H groups in total. The zero-order valence-corrected chi connectivity index (χ0v) is 17.7. The molecule has 1 saturated heterocycles. The molecule has 5 nitrogen and oxygen atoms in total. The fourth-order valence-corrected chi connectivity index (χ4v) is 3.92. The summed E-state index contributed by atoms with van der Waals surface area (Å²) in [4.78, 5) is 15.5. The second-order valence-electron chi connectivity index (χ2n) is 7.56. The van der Waals surface area contributed by atoms with E-state index in [1.165, 1.54) is 0 Å². The van der Waals surface area contributed by atoms with Crippen molar-refractivity contribution >= 4 is 5.91 Å². The summed E-state index contributed by atoms with van der Waals surface area (Å²) in [7, 11) is 1.66. The Kier molecular flexibility index (Phi) is 6.97. The molecule has 160 valence electrons. The van der Waals surface area contributed by atoms with E-state index in [2.05, 4.69) is 17.4 Å². The van der Waals surface area contributed by atoms with Gasteiger partial charge in [0.2, 0.25) is 5.91 Å². The summed E-state index contributed by atoms with van der Waals surface area (Å²) < 4.78 is 10.8. The lowest BCUT2D eigenvalue weighted by Gasteiger charge is -2.33. The highest BCUT2D eigenvalue weighted by molar-refractivity contribution is 5.83. The molecule has 1 aliphatic heterocycles. The maximum atomic E-state index is 13.6. The van der Waals surface area contributed by atoms with E-state index in [-0.39, 0.29) is 11.9 Å². The summed E-state index contributed by atoms with van der Waals surface area (Å²) in [5.74, 6) is 0.878. The molecule has 4 rings (SSSR count). The van der Waals surface area contributed by atoms with Crippen molar-refractivity contribution in [1.29, 1.82) is 0 Å². The van der Waals surface area contributed by atoms with E-state index in [4.69, 9.17) is 9.47 Å². The monoisotopic (exact) mass is 416 g/mol. The van der Waals surface area contributed by atoms with Crippen LogP contribution in [0.4, 0.5) is 0 Å². The van der Waals surface area contributed by atoms with Gasteiger partial charge in [-0.05, 0) is 28.8 Å². The Hall–Kier alpha value is -3.15. The summed E-state index contributed by atoms with van der Waals surface area (Å²) >= 11 is 0. The minimum atomic E-state index is -0.466. The lowest BCUT2D eigenvalue weighted by atomic mass is 9.95. The standard InChI is InChI=1S/C26H28N2O3/c1-30-23-14-12-22(13-15-23)24(20-8-4-2-5-9-20)27-25(21-10-6-3-7-11-21)26(29)28-16-18-31-19-17-28/h2-15,24-25,27H,16-19H2,1H3. The molecule has 0 bridgehead atoms. The van der Waals surface area contributed by atoms with Gasteiger partial charge in [-0.15, -0.1) is 0 Å². The highest BCUT2D eigenvalue weighted by Gasteiger charge is 2.30. The van der Waals surface area contributed by atoms with E-state index in [0.29, 0.717) is 26.3 Å². The molecule has 2 unspecified atom stereocenters. The number of nitrogens with zero attached hydrogens (tertiary/aromatic N) is 1. The third kappa shape index (κ3) is 5.13. The maximum absolute atomic E-state index is 13.6. The van der Waals surface area contributed by atoms with Gasteiger partial charge in [0.25, 0.3) is 0 Å². The topological polar surface area (TPSA) is 50.8 Å². The van der Waals surface area contributed by atoms with Gasteiger partial charge in [0.15, 0.2) is 0 Å². The van der Waals surface area contributed by atoms with Crippen LogP contribution in [-0.4, -0.2) is 44.2 Å². The zero-order chi connectivity index (χ0) is 21.5. The van der Waals surface area contributed by atoms with E-state index in [9.17, 15) is 4.79 Å². The van der Waals surface area contributed by atoms with Gasteiger partial charge in [0, 0.05) is 13.1 Å². The number of amides is 1. The van der Waals surface area contributed by atoms with Crippen LogP contribution in [0.5, 0.6) is 5.75 Å². The molecule has 5 heteroatoms. The number of morpholine rings is 1. The molecule has 1 fully saturated rings. The summed E-state index contributed by atoms with van der Waals surface area (Å²) in [6.45, 7) is 2.38. The number of ether oxygens (including phenoxy) is 2. The molecule has 31 heavy (non-hydrogen) atoms. The van der Waals surface area contributed by atoms with E-state index in [1.54, 1.807) is 7.11 Å². The van der Waals surface area contributed by atoms with Crippen LogP contribution in [0.25, 0.3) is 0 Å². The summed E-state index contributed by atoms with van der Waals surface area (Å²) in [6.07, 6.45) is 0. The Morgan fingerprint density at radius 2 is 1.39 bits per heavy atom. The van der Waals surface area contributed by atoms with Gasteiger partial charge in [-0.1, -0.05) is 72.8 Å². The Morgan fingerprint density at radius 1 is 0.839 bits per heavy atom. The number of methoxy groups -OCH3 is 1. The first-order valence-electron chi connectivity index (χ1n) is 10.6. The molecule has 1 amide bonds. The van der Waals surface area contributed by atoms with Crippen LogP contribution in [0, 0.1) is 0 Å².